The molecule has 0 saturated carbocycles. The van der Waals surface area contributed by atoms with Crippen LogP contribution in [0.1, 0.15) is 20.8 Å². The molecule has 0 bridgehead atoms. The molecule has 1 aromatic carbocycles. The summed E-state index contributed by atoms with van der Waals surface area (Å²) in [5.74, 6) is -1.86. The number of hydrogen-bond acceptors (Lipinski definition) is 7. The van der Waals surface area contributed by atoms with Gasteiger partial charge in [-0.3, -0.25) is 0 Å². The van der Waals surface area contributed by atoms with Gasteiger partial charge in [0, 0.05) is 0 Å². The van der Waals surface area contributed by atoms with Crippen molar-refractivity contribution in [2.24, 2.45) is 0 Å². The van der Waals surface area contributed by atoms with Gasteiger partial charge in [-0.25, -0.2) is 0 Å². The third-order valence-corrected chi connectivity index (χ3v) is 6.37. The fraction of sp³-hybridized carbons (Fsp3) is 0.500. The first-order chi connectivity index (χ1) is 12.8. The van der Waals surface area contributed by atoms with Crippen molar-refractivity contribution >= 4 is 37.3 Å². The zero-order chi connectivity index (χ0) is 20.0. The molecule has 2 rings (SSSR count). The van der Waals surface area contributed by atoms with Crippen LogP contribution in [0.5, 0.6) is 0 Å². The first-order valence-electron chi connectivity index (χ1n) is 8.27. The first-order valence-corrected chi connectivity index (χ1v) is 10.1. The maximum absolute atomic E-state index is 14.8. The van der Waals surface area contributed by atoms with Crippen molar-refractivity contribution in [2.45, 2.75) is 50.3 Å². The van der Waals surface area contributed by atoms with Crippen molar-refractivity contribution in [3.8, 4) is 0 Å². The summed E-state index contributed by atoms with van der Waals surface area (Å²) in [6.07, 6.45) is -5.01. The van der Waals surface area contributed by atoms with E-state index in [0.29, 0.717) is 0 Å². The van der Waals surface area contributed by atoms with Crippen LogP contribution in [0.4, 0.5) is 4.39 Å². The minimum atomic E-state index is -1.78. The Labute approximate surface area is 162 Å². The molecule has 1 fully saturated rings. The van der Waals surface area contributed by atoms with Crippen LogP contribution < -0.4 is 4.46 Å². The summed E-state index contributed by atoms with van der Waals surface area (Å²) in [5.41, 5.74) is 0. The van der Waals surface area contributed by atoms with Crippen molar-refractivity contribution in [2.75, 3.05) is 6.61 Å². The van der Waals surface area contributed by atoms with E-state index in [1.54, 1.807) is 0 Å². The second kappa shape index (κ2) is 9.82. The van der Waals surface area contributed by atoms with Crippen molar-refractivity contribution in [1.29, 1.82) is 0 Å². The van der Waals surface area contributed by atoms with Crippen LogP contribution in [0.2, 0.25) is 4.82 Å². The minimum absolute atomic E-state index is 0.323. The van der Waals surface area contributed by atoms with E-state index in [0.717, 1.165) is 4.46 Å². The summed E-state index contributed by atoms with van der Waals surface area (Å²) in [4.78, 5) is 33.4. The molecule has 1 aromatic rings. The van der Waals surface area contributed by atoms with Crippen LogP contribution in [-0.4, -0.2) is 64.1 Å². The summed E-state index contributed by atoms with van der Waals surface area (Å²) in [5, 5.41) is 0. The van der Waals surface area contributed by atoms with Crippen molar-refractivity contribution in [3.63, 3.8) is 0 Å². The average Bonchev–Trinajstić information content (AvgIpc) is 2.59. The molecule has 1 saturated heterocycles. The molecule has 0 spiro atoms. The fourth-order valence-corrected chi connectivity index (χ4v) is 5.04. The molecule has 1 heterocycles. The Bertz CT molecular complexity index is 669. The number of rotatable bonds is 6. The molecule has 0 aromatic heterocycles. The molecule has 9 heteroatoms. The van der Waals surface area contributed by atoms with Gasteiger partial charge in [-0.05, 0) is 0 Å². The molecule has 0 N–H and O–H groups in total. The van der Waals surface area contributed by atoms with Crippen LogP contribution in [0.3, 0.4) is 0 Å². The van der Waals surface area contributed by atoms with E-state index < -0.39 is 62.4 Å². The Kier molecular flexibility index (Phi) is 7.77. The number of esters is 3. The molecule has 0 radical (unpaired) electrons. The molecule has 5 atom stereocenters. The predicted octanol–water partition coefficient (Wildman–Crippen LogP) is 0.925. The number of carbonyl (C=O) groups excluding carboxylic acids is 3. The number of halogens is 1. The van der Waals surface area contributed by atoms with Crippen LogP contribution in [0, 0.1) is 0 Å². The zero-order valence-corrected chi connectivity index (χ0v) is 16.8. The van der Waals surface area contributed by atoms with Gasteiger partial charge < -0.3 is 0 Å². The standard InChI is InChI=1S/C18H21FO7Se/c1-10(20)23-9-14-15(24-11(2)21)16(25-12(3)22)17(18(19)26-14)27-13-7-5-4-6-8-13/h4-8,14-18H,9H2,1-3H3/t14-,15-,16+,17+,18-/m1/s1. The monoisotopic (exact) mass is 448 g/mol. The van der Waals surface area contributed by atoms with E-state index in [2.05, 4.69) is 0 Å². The molecular formula is C18H21FO7Se. The molecule has 0 amide bonds. The first kappa shape index (κ1) is 21.3. The Morgan fingerprint density at radius 3 is 2.15 bits per heavy atom. The molecule has 27 heavy (non-hydrogen) atoms. The SMILES string of the molecule is CC(=O)OC[C@H]1O[C@@H](F)[C@@H]([Se]c2ccccc2)[C@@H](OC(C)=O)[C@@H]1OC(C)=O. The Hall–Kier alpha value is -1.96. The number of benzene rings is 1. The fourth-order valence-electron chi connectivity index (χ4n) is 2.64. The van der Waals surface area contributed by atoms with E-state index >= 15 is 0 Å². The normalized spacial score (nSPS) is 27.5. The Morgan fingerprint density at radius 1 is 1.00 bits per heavy atom. The number of carbonyl (C=O) groups is 3. The maximum atomic E-state index is 14.8. The second-order valence-corrected chi connectivity index (χ2v) is 8.50. The molecule has 0 unspecified atom stereocenters. The van der Waals surface area contributed by atoms with Crippen LogP contribution >= 0.6 is 0 Å². The van der Waals surface area contributed by atoms with Gasteiger partial charge >= 0.3 is 162 Å². The summed E-state index contributed by atoms with van der Waals surface area (Å²) in [6.45, 7) is 3.26. The van der Waals surface area contributed by atoms with Crippen LogP contribution in [0.25, 0.3) is 0 Å². The molecule has 1 aliphatic rings. The Balaban J connectivity index is 2.30. The quantitative estimate of drug-likeness (QED) is 0.364. The molecule has 7 nitrogen and oxygen atoms in total. The van der Waals surface area contributed by atoms with E-state index in [1.807, 2.05) is 30.3 Å². The summed E-state index contributed by atoms with van der Waals surface area (Å²) in [6, 6.07) is 9.15. The van der Waals surface area contributed by atoms with E-state index in [-0.39, 0.29) is 6.61 Å². The van der Waals surface area contributed by atoms with Crippen molar-refractivity contribution in [3.05, 3.63) is 30.3 Å². The van der Waals surface area contributed by atoms with Gasteiger partial charge in [-0.1, -0.05) is 0 Å². The average molecular weight is 447 g/mol. The zero-order valence-electron chi connectivity index (χ0n) is 15.1. The third kappa shape index (κ3) is 6.30. The van der Waals surface area contributed by atoms with Crippen molar-refractivity contribution in [1.82, 2.24) is 0 Å². The second-order valence-electron chi connectivity index (χ2n) is 5.87. The topological polar surface area (TPSA) is 88.1 Å². The molecule has 148 valence electrons. The third-order valence-electron chi connectivity index (χ3n) is 3.65. The van der Waals surface area contributed by atoms with E-state index in [9.17, 15) is 18.8 Å². The van der Waals surface area contributed by atoms with Gasteiger partial charge in [-0.15, -0.1) is 0 Å². The predicted molar refractivity (Wildman–Crippen MR) is 93.1 cm³/mol. The summed E-state index contributed by atoms with van der Waals surface area (Å²) in [7, 11) is 0. The number of hydrogen-bond donors (Lipinski definition) is 0. The van der Waals surface area contributed by atoms with Gasteiger partial charge in [-0.2, -0.15) is 0 Å². The van der Waals surface area contributed by atoms with Crippen LogP contribution in [-0.2, 0) is 33.3 Å². The summed E-state index contributed by atoms with van der Waals surface area (Å²) >= 11 is -0.467. The van der Waals surface area contributed by atoms with Gasteiger partial charge in [0.2, 0.25) is 0 Å². The summed E-state index contributed by atoms with van der Waals surface area (Å²) < 4.78 is 36.6. The van der Waals surface area contributed by atoms with Gasteiger partial charge in [0.1, 0.15) is 0 Å². The Morgan fingerprint density at radius 2 is 1.59 bits per heavy atom. The van der Waals surface area contributed by atoms with E-state index in [1.165, 1.54) is 20.8 Å². The molecule has 0 aliphatic carbocycles. The van der Waals surface area contributed by atoms with Gasteiger partial charge in [0.25, 0.3) is 0 Å². The van der Waals surface area contributed by atoms with Crippen molar-refractivity contribution < 1.29 is 37.7 Å². The number of ether oxygens (including phenoxy) is 4. The van der Waals surface area contributed by atoms with E-state index in [4.69, 9.17) is 18.9 Å². The molecular weight excluding hydrogens is 426 g/mol. The van der Waals surface area contributed by atoms with Crippen LogP contribution in [0.15, 0.2) is 30.3 Å². The number of alkyl halides is 1. The van der Waals surface area contributed by atoms with Gasteiger partial charge in [0.05, 0.1) is 0 Å². The van der Waals surface area contributed by atoms with Gasteiger partial charge in [0.15, 0.2) is 0 Å². The molecule has 1 aliphatic heterocycles.